The maximum atomic E-state index is 13.3. The molecule has 2 N–H and O–H groups in total. The van der Waals surface area contributed by atoms with Gasteiger partial charge in [-0.3, -0.25) is 4.79 Å². The van der Waals surface area contributed by atoms with Crippen LogP contribution in [-0.2, 0) is 4.79 Å². The first kappa shape index (κ1) is 16.0. The molecule has 1 aromatic rings. The Morgan fingerprint density at radius 1 is 1.47 bits per heavy atom. The minimum absolute atomic E-state index is 0.0927. The first-order valence-corrected chi connectivity index (χ1v) is 7.37. The van der Waals surface area contributed by atoms with Crippen molar-refractivity contribution >= 4 is 17.7 Å². The fraction of sp³-hybridized carbons (Fsp3) is 0.500. The number of hydrogen-bond acceptors (Lipinski definition) is 3. The van der Waals surface area contributed by atoms with Crippen LogP contribution in [-0.4, -0.2) is 29.9 Å². The molecule has 1 aromatic carbocycles. The lowest BCUT2D eigenvalue weighted by Gasteiger charge is -2.08. The standard InChI is InChI=1S/C14H20FNO2S/c1-11(9-17)5-4-8-16-14(18)10-19-13-7-3-2-6-12(13)15/h2-3,6-7,11,17H,4-5,8-10H2,1H3,(H,16,18). The van der Waals surface area contributed by atoms with E-state index in [1.807, 2.05) is 6.92 Å². The number of aliphatic hydroxyl groups is 1. The van der Waals surface area contributed by atoms with E-state index >= 15 is 0 Å². The van der Waals surface area contributed by atoms with Crippen molar-refractivity contribution in [2.75, 3.05) is 18.9 Å². The lowest BCUT2D eigenvalue weighted by Crippen LogP contribution is -2.26. The van der Waals surface area contributed by atoms with Crippen molar-refractivity contribution in [3.63, 3.8) is 0 Å². The van der Waals surface area contributed by atoms with Gasteiger partial charge in [-0.05, 0) is 30.9 Å². The van der Waals surface area contributed by atoms with Crippen molar-refractivity contribution in [2.24, 2.45) is 5.92 Å². The number of thioether (sulfide) groups is 1. The van der Waals surface area contributed by atoms with Gasteiger partial charge < -0.3 is 10.4 Å². The summed E-state index contributed by atoms with van der Waals surface area (Å²) in [6, 6.07) is 6.42. The third kappa shape index (κ3) is 6.59. The highest BCUT2D eigenvalue weighted by atomic mass is 32.2. The number of hydrogen-bond donors (Lipinski definition) is 2. The predicted molar refractivity (Wildman–Crippen MR) is 75.6 cm³/mol. The molecule has 0 heterocycles. The number of halogens is 1. The molecule has 0 aliphatic heterocycles. The van der Waals surface area contributed by atoms with Gasteiger partial charge in [0.2, 0.25) is 5.91 Å². The summed E-state index contributed by atoms with van der Waals surface area (Å²) >= 11 is 1.20. The first-order chi connectivity index (χ1) is 9.13. The third-order valence-corrected chi connectivity index (χ3v) is 3.75. The molecular formula is C14H20FNO2S. The van der Waals surface area contributed by atoms with Gasteiger partial charge in [0.15, 0.2) is 0 Å². The molecule has 19 heavy (non-hydrogen) atoms. The summed E-state index contributed by atoms with van der Waals surface area (Å²) in [7, 11) is 0. The lowest BCUT2D eigenvalue weighted by molar-refractivity contribution is -0.118. The molecule has 0 aromatic heterocycles. The van der Waals surface area contributed by atoms with Gasteiger partial charge in [-0.2, -0.15) is 0 Å². The molecule has 0 aliphatic carbocycles. The van der Waals surface area contributed by atoms with Gasteiger partial charge in [0, 0.05) is 18.0 Å². The maximum absolute atomic E-state index is 13.3. The van der Waals surface area contributed by atoms with Gasteiger partial charge in [-0.15, -0.1) is 11.8 Å². The second-order valence-electron chi connectivity index (χ2n) is 4.50. The molecule has 0 radical (unpaired) electrons. The summed E-state index contributed by atoms with van der Waals surface area (Å²) < 4.78 is 13.3. The summed E-state index contributed by atoms with van der Waals surface area (Å²) in [5.74, 6) is 0.0999. The second kappa shape index (κ2) is 8.93. The Bertz CT molecular complexity index is 401. The van der Waals surface area contributed by atoms with Crippen molar-refractivity contribution in [3.05, 3.63) is 30.1 Å². The molecule has 0 spiro atoms. The van der Waals surface area contributed by atoms with Crippen LogP contribution < -0.4 is 5.32 Å². The van der Waals surface area contributed by atoms with E-state index in [0.29, 0.717) is 11.4 Å². The number of aliphatic hydroxyl groups excluding tert-OH is 1. The Morgan fingerprint density at radius 2 is 2.21 bits per heavy atom. The van der Waals surface area contributed by atoms with E-state index in [1.165, 1.54) is 17.8 Å². The molecule has 5 heteroatoms. The Hall–Kier alpha value is -1.07. The van der Waals surface area contributed by atoms with Crippen molar-refractivity contribution < 1.29 is 14.3 Å². The zero-order valence-electron chi connectivity index (χ0n) is 11.1. The van der Waals surface area contributed by atoms with Crippen LogP contribution in [0, 0.1) is 11.7 Å². The Morgan fingerprint density at radius 3 is 2.89 bits per heavy atom. The van der Waals surface area contributed by atoms with Crippen LogP contribution in [0.3, 0.4) is 0 Å². The number of carbonyl (C=O) groups excluding carboxylic acids is 1. The second-order valence-corrected chi connectivity index (χ2v) is 5.52. The largest absolute Gasteiger partial charge is 0.396 e. The molecule has 0 saturated carbocycles. The molecule has 3 nitrogen and oxygen atoms in total. The van der Waals surface area contributed by atoms with Gasteiger partial charge in [-0.25, -0.2) is 4.39 Å². The van der Waals surface area contributed by atoms with Crippen LogP contribution in [0.15, 0.2) is 29.2 Å². The zero-order chi connectivity index (χ0) is 14.1. The zero-order valence-corrected chi connectivity index (χ0v) is 11.9. The average Bonchev–Trinajstić information content (AvgIpc) is 2.42. The molecule has 106 valence electrons. The normalized spacial score (nSPS) is 12.2. The van der Waals surface area contributed by atoms with E-state index in [0.717, 1.165) is 12.8 Å². The Labute approximate surface area is 117 Å². The molecule has 1 rings (SSSR count). The van der Waals surface area contributed by atoms with E-state index < -0.39 is 0 Å². The molecule has 1 atom stereocenters. The number of nitrogens with one attached hydrogen (secondary N) is 1. The van der Waals surface area contributed by atoms with Crippen LogP contribution >= 0.6 is 11.8 Å². The van der Waals surface area contributed by atoms with Gasteiger partial charge in [-0.1, -0.05) is 19.1 Å². The summed E-state index contributed by atoms with van der Waals surface area (Å²) in [5, 5.41) is 11.6. The van der Waals surface area contributed by atoms with Gasteiger partial charge >= 0.3 is 0 Å². The number of benzene rings is 1. The van der Waals surface area contributed by atoms with Crippen LogP contribution in [0.1, 0.15) is 19.8 Å². The fourth-order valence-electron chi connectivity index (χ4n) is 1.53. The third-order valence-electron chi connectivity index (χ3n) is 2.70. The average molecular weight is 285 g/mol. The highest BCUT2D eigenvalue weighted by Crippen LogP contribution is 2.20. The smallest absolute Gasteiger partial charge is 0.230 e. The highest BCUT2D eigenvalue weighted by molar-refractivity contribution is 8.00. The summed E-state index contributed by atoms with van der Waals surface area (Å²) in [6.07, 6.45) is 1.73. The SMILES string of the molecule is CC(CO)CCCNC(=O)CSc1ccccc1F. The Kier molecular flexibility index (Phi) is 7.52. The fourth-order valence-corrected chi connectivity index (χ4v) is 2.30. The summed E-state index contributed by atoms with van der Waals surface area (Å²) in [6.45, 7) is 2.74. The highest BCUT2D eigenvalue weighted by Gasteiger charge is 2.06. The lowest BCUT2D eigenvalue weighted by atomic mass is 10.1. The van der Waals surface area contributed by atoms with Crippen molar-refractivity contribution in [1.82, 2.24) is 5.32 Å². The van der Waals surface area contributed by atoms with E-state index in [4.69, 9.17) is 5.11 Å². The molecule has 1 unspecified atom stereocenters. The molecule has 0 fully saturated rings. The van der Waals surface area contributed by atoms with Crippen LogP contribution in [0.25, 0.3) is 0 Å². The van der Waals surface area contributed by atoms with Gasteiger partial charge in [0.25, 0.3) is 0 Å². The molecular weight excluding hydrogens is 265 g/mol. The molecule has 1 amide bonds. The topological polar surface area (TPSA) is 49.3 Å². The van der Waals surface area contributed by atoms with Crippen LogP contribution in [0.5, 0.6) is 0 Å². The van der Waals surface area contributed by atoms with Crippen LogP contribution in [0.2, 0.25) is 0 Å². The number of amides is 1. The van der Waals surface area contributed by atoms with Crippen LogP contribution in [0.4, 0.5) is 4.39 Å². The minimum atomic E-state index is -0.294. The van der Waals surface area contributed by atoms with Crippen molar-refractivity contribution in [2.45, 2.75) is 24.7 Å². The van der Waals surface area contributed by atoms with E-state index in [-0.39, 0.29) is 30.0 Å². The number of rotatable bonds is 8. The van der Waals surface area contributed by atoms with E-state index in [2.05, 4.69) is 5.32 Å². The van der Waals surface area contributed by atoms with E-state index in [1.54, 1.807) is 18.2 Å². The van der Waals surface area contributed by atoms with Gasteiger partial charge in [0.05, 0.1) is 5.75 Å². The first-order valence-electron chi connectivity index (χ1n) is 6.38. The molecule has 0 saturated heterocycles. The molecule has 0 aliphatic rings. The monoisotopic (exact) mass is 285 g/mol. The number of carbonyl (C=O) groups is 1. The summed E-state index contributed by atoms with van der Waals surface area (Å²) in [5.41, 5.74) is 0. The summed E-state index contributed by atoms with van der Waals surface area (Å²) in [4.78, 5) is 12.0. The van der Waals surface area contributed by atoms with Gasteiger partial charge in [0.1, 0.15) is 5.82 Å². The molecule has 0 bridgehead atoms. The van der Waals surface area contributed by atoms with E-state index in [9.17, 15) is 9.18 Å². The quantitative estimate of drug-likeness (QED) is 0.570. The van der Waals surface area contributed by atoms with Crippen molar-refractivity contribution in [3.8, 4) is 0 Å². The maximum Gasteiger partial charge on any atom is 0.230 e. The van der Waals surface area contributed by atoms with Crippen molar-refractivity contribution in [1.29, 1.82) is 0 Å². The Balaban J connectivity index is 2.16. The minimum Gasteiger partial charge on any atom is -0.396 e. The predicted octanol–water partition coefficient (Wildman–Crippen LogP) is 2.44.